The average Bonchev–Trinajstić information content (AvgIpc) is 2.85. The number of ether oxygens (including phenoxy) is 1. The van der Waals surface area contributed by atoms with E-state index in [-0.39, 0.29) is 65.3 Å². The van der Waals surface area contributed by atoms with Crippen molar-refractivity contribution in [2.24, 2.45) is 23.0 Å². The van der Waals surface area contributed by atoms with Crippen LogP contribution in [0.25, 0.3) is 0 Å². The van der Waals surface area contributed by atoms with E-state index < -0.39 is 57.9 Å². The Bertz CT molecular complexity index is 1360. The summed E-state index contributed by atoms with van der Waals surface area (Å²) >= 11 is 0. The first-order chi connectivity index (χ1) is 18.5. The lowest BCUT2D eigenvalue weighted by Gasteiger charge is -2.53. The highest BCUT2D eigenvalue weighted by molar-refractivity contribution is 6.13. The summed E-state index contributed by atoms with van der Waals surface area (Å²) in [6.07, 6.45) is -0.0479. The van der Waals surface area contributed by atoms with E-state index in [1.807, 2.05) is 0 Å². The molecular formula is C29H38FN3O7. The summed E-state index contributed by atoms with van der Waals surface area (Å²) in [6.45, 7) is 5.14. The minimum absolute atomic E-state index is 0.00573. The van der Waals surface area contributed by atoms with Gasteiger partial charge in [-0.1, -0.05) is 20.8 Å². The topological polar surface area (TPSA) is 154 Å². The van der Waals surface area contributed by atoms with Crippen molar-refractivity contribution in [3.05, 3.63) is 51.2 Å². The number of nitrogens with two attached hydrogens (primary N) is 1. The number of phenols is 1. The van der Waals surface area contributed by atoms with E-state index in [9.17, 15) is 29.7 Å². The summed E-state index contributed by atoms with van der Waals surface area (Å²) in [6, 6.07) is 0.362. The van der Waals surface area contributed by atoms with Gasteiger partial charge < -0.3 is 30.7 Å². The number of carbonyl (C=O) groups excluding carboxylic acids is 3. The van der Waals surface area contributed by atoms with E-state index in [1.54, 1.807) is 46.8 Å². The van der Waals surface area contributed by atoms with E-state index in [2.05, 4.69) is 0 Å². The lowest BCUT2D eigenvalue weighted by molar-refractivity contribution is -0.138. The first-order valence-electron chi connectivity index (χ1n) is 13.2. The quantitative estimate of drug-likeness (QED) is 0.430. The standard InChI is InChI=1S/C29H38FN3O7/c1-28(2,3)27(39)33(6)12-14-10-18(34)20-15(21(14)30)8-13-9-17-22(32(4)5)23(35)16(26(31)38)11-29(17,40-7)25(37)19(13)24(20)36/h10,13,17,22,34-35,37H,8-9,11-12H2,1-7H3,(H2,31,38)/t13-,17-,22-,29-/m0/s1. The number of hydrogen-bond donors (Lipinski definition) is 4. The fourth-order valence-corrected chi connectivity index (χ4v) is 6.75. The number of hydrogen-bond acceptors (Lipinski definition) is 8. The van der Waals surface area contributed by atoms with Gasteiger partial charge in [0.25, 0.3) is 0 Å². The number of allylic oxidation sites excluding steroid dienone is 1. The Hall–Kier alpha value is -3.44. The molecule has 2 amide bonds. The zero-order valence-corrected chi connectivity index (χ0v) is 24.0. The molecule has 0 saturated heterocycles. The summed E-state index contributed by atoms with van der Waals surface area (Å²) in [5.74, 6) is -4.88. The molecule has 1 aromatic rings. The molecule has 218 valence electrons. The van der Waals surface area contributed by atoms with Gasteiger partial charge in [-0.05, 0) is 38.9 Å². The van der Waals surface area contributed by atoms with Crippen LogP contribution in [0, 0.1) is 23.1 Å². The predicted octanol–water partition coefficient (Wildman–Crippen LogP) is 2.74. The summed E-state index contributed by atoms with van der Waals surface area (Å²) in [5.41, 5.74) is 3.02. The second kappa shape index (κ2) is 9.88. The number of primary amides is 1. The third-order valence-corrected chi connectivity index (χ3v) is 8.56. The maximum Gasteiger partial charge on any atom is 0.248 e. The molecule has 4 rings (SSSR count). The van der Waals surface area contributed by atoms with Crippen molar-refractivity contribution in [1.82, 2.24) is 9.80 Å². The van der Waals surface area contributed by atoms with E-state index in [0.29, 0.717) is 0 Å². The minimum Gasteiger partial charge on any atom is -0.510 e. The van der Waals surface area contributed by atoms with Crippen LogP contribution in [0.15, 0.2) is 28.7 Å². The molecular weight excluding hydrogens is 521 g/mol. The monoisotopic (exact) mass is 559 g/mol. The third-order valence-electron chi connectivity index (χ3n) is 8.56. The largest absolute Gasteiger partial charge is 0.510 e. The molecule has 0 unspecified atom stereocenters. The molecule has 0 saturated carbocycles. The van der Waals surface area contributed by atoms with Crippen molar-refractivity contribution in [3.63, 3.8) is 0 Å². The summed E-state index contributed by atoms with van der Waals surface area (Å²) in [4.78, 5) is 41.8. The van der Waals surface area contributed by atoms with Crippen LogP contribution < -0.4 is 5.73 Å². The molecule has 3 aliphatic carbocycles. The van der Waals surface area contributed by atoms with Crippen molar-refractivity contribution in [2.75, 3.05) is 28.3 Å². The number of aliphatic hydroxyl groups excluding tert-OH is 2. The van der Waals surface area contributed by atoms with Crippen LogP contribution in [0.3, 0.4) is 0 Å². The Labute approximate surface area is 232 Å². The number of amides is 2. The number of phenolic OH excluding ortho intramolecular Hbond substituents is 1. The molecule has 11 heteroatoms. The Morgan fingerprint density at radius 3 is 2.35 bits per heavy atom. The Balaban J connectivity index is 1.84. The number of Topliss-reactive ketones (excluding diaryl/α,β-unsaturated/α-hetero) is 1. The number of likely N-dealkylation sites (N-methyl/N-ethyl adjacent to an activating group) is 1. The average molecular weight is 560 g/mol. The number of ketones is 1. The van der Waals surface area contributed by atoms with E-state index in [0.717, 1.165) is 6.07 Å². The van der Waals surface area contributed by atoms with Crippen LogP contribution in [0.2, 0.25) is 0 Å². The lowest BCUT2D eigenvalue weighted by Crippen LogP contribution is -2.60. The Morgan fingerprint density at radius 1 is 1.20 bits per heavy atom. The second-order valence-electron chi connectivity index (χ2n) is 12.4. The van der Waals surface area contributed by atoms with Crippen LogP contribution in [-0.2, 0) is 27.3 Å². The van der Waals surface area contributed by atoms with Crippen LogP contribution in [0.5, 0.6) is 5.75 Å². The molecule has 0 heterocycles. The van der Waals surface area contributed by atoms with Gasteiger partial charge in [-0.25, -0.2) is 4.39 Å². The Kier molecular flexibility index (Phi) is 7.30. The van der Waals surface area contributed by atoms with E-state index in [1.165, 1.54) is 12.0 Å². The zero-order chi connectivity index (χ0) is 30.1. The number of aromatic hydroxyl groups is 1. The van der Waals surface area contributed by atoms with Gasteiger partial charge in [0.15, 0.2) is 5.78 Å². The number of benzene rings is 1. The first kappa shape index (κ1) is 29.5. The van der Waals surface area contributed by atoms with Crippen LogP contribution in [0.4, 0.5) is 4.39 Å². The molecule has 0 aliphatic heterocycles. The maximum atomic E-state index is 16.0. The predicted molar refractivity (Wildman–Crippen MR) is 144 cm³/mol. The zero-order valence-electron chi connectivity index (χ0n) is 24.0. The summed E-state index contributed by atoms with van der Waals surface area (Å²) < 4.78 is 21.8. The summed E-state index contributed by atoms with van der Waals surface area (Å²) in [5, 5.41) is 33.6. The molecule has 0 fully saturated rings. The second-order valence-corrected chi connectivity index (χ2v) is 12.4. The number of halogens is 1. The number of nitrogens with zero attached hydrogens (tertiary/aromatic N) is 2. The number of rotatable bonds is 5. The van der Waals surface area contributed by atoms with Gasteiger partial charge in [0.2, 0.25) is 11.8 Å². The van der Waals surface area contributed by atoms with Gasteiger partial charge in [0.1, 0.15) is 28.7 Å². The minimum atomic E-state index is -1.55. The van der Waals surface area contributed by atoms with Gasteiger partial charge in [0, 0.05) is 55.2 Å². The van der Waals surface area contributed by atoms with Gasteiger partial charge in [-0.2, -0.15) is 0 Å². The fraction of sp³-hybridized carbons (Fsp3) is 0.552. The number of methoxy groups -OCH3 is 1. The third kappa shape index (κ3) is 4.35. The van der Waals surface area contributed by atoms with Crippen LogP contribution in [0.1, 0.15) is 55.1 Å². The highest BCUT2D eigenvalue weighted by atomic mass is 19.1. The highest BCUT2D eigenvalue weighted by Gasteiger charge is 2.59. The molecule has 10 nitrogen and oxygen atoms in total. The molecule has 5 N–H and O–H groups in total. The van der Waals surface area contributed by atoms with Crippen LogP contribution in [-0.4, -0.2) is 82.6 Å². The molecule has 0 bridgehead atoms. The molecule has 40 heavy (non-hydrogen) atoms. The van der Waals surface area contributed by atoms with Crippen molar-refractivity contribution in [1.29, 1.82) is 0 Å². The van der Waals surface area contributed by atoms with Crippen LogP contribution >= 0.6 is 0 Å². The number of fused-ring (bicyclic) bond motifs is 3. The number of aliphatic hydroxyl groups is 2. The smallest absolute Gasteiger partial charge is 0.248 e. The lowest BCUT2D eigenvalue weighted by atomic mass is 9.59. The van der Waals surface area contributed by atoms with Gasteiger partial charge >= 0.3 is 0 Å². The molecule has 0 spiro atoms. The van der Waals surface area contributed by atoms with Crippen molar-refractivity contribution >= 4 is 17.6 Å². The normalized spacial score (nSPS) is 26.4. The molecule has 3 aliphatic rings. The highest BCUT2D eigenvalue weighted by Crippen LogP contribution is 2.55. The van der Waals surface area contributed by atoms with Crippen molar-refractivity contribution in [2.45, 2.75) is 58.2 Å². The molecule has 4 atom stereocenters. The maximum absolute atomic E-state index is 16.0. The molecule has 0 radical (unpaired) electrons. The molecule has 1 aromatic carbocycles. The van der Waals surface area contributed by atoms with Gasteiger partial charge in [-0.3, -0.25) is 19.3 Å². The van der Waals surface area contributed by atoms with Crippen molar-refractivity contribution < 1.29 is 38.8 Å². The SMILES string of the molecule is CO[C@@]12CC(C(N)=O)=C(O)[C@@H](N(C)C)[C@@H]1C[C@@H]1Cc3c(F)c(CN(C)C(=O)C(C)(C)C)cc(O)c3C(=O)C1=C2O. The first-order valence-corrected chi connectivity index (χ1v) is 13.2. The number of carbonyl (C=O) groups is 3. The Morgan fingerprint density at radius 2 is 1.82 bits per heavy atom. The molecule has 0 aromatic heterocycles. The van der Waals surface area contributed by atoms with E-state index in [4.69, 9.17) is 10.5 Å². The van der Waals surface area contributed by atoms with E-state index >= 15 is 4.39 Å². The van der Waals surface area contributed by atoms with Gasteiger partial charge in [-0.15, -0.1) is 0 Å². The van der Waals surface area contributed by atoms with Crippen molar-refractivity contribution in [3.8, 4) is 5.75 Å². The van der Waals surface area contributed by atoms with Gasteiger partial charge in [0.05, 0.1) is 17.2 Å². The fourth-order valence-electron chi connectivity index (χ4n) is 6.75. The summed E-state index contributed by atoms with van der Waals surface area (Å²) in [7, 11) is 6.28.